The van der Waals surface area contributed by atoms with Crippen LogP contribution < -0.4 is 4.90 Å². The van der Waals surface area contributed by atoms with Crippen molar-refractivity contribution in [1.29, 1.82) is 0 Å². The van der Waals surface area contributed by atoms with Crippen molar-refractivity contribution in [3.05, 3.63) is 90.6 Å². The summed E-state index contributed by atoms with van der Waals surface area (Å²) in [4.78, 5) is 35.3. The number of fused-ring (bicyclic) bond motifs is 1. The summed E-state index contributed by atoms with van der Waals surface area (Å²) in [6, 6.07) is 17.9. The standard InChI is InChI=1S/C27H23FN6O/c28-21-7-8-22(25-29-10-4-11-30-25)23(13-21)26(35)33-14-19-16-34(17-20(19)15-33)27-31-12-9-24(32-27)18-5-2-1-3-6-18/h1-13,19-20H,14-17H2. The van der Waals surface area contributed by atoms with E-state index in [1.807, 2.05) is 41.3 Å². The van der Waals surface area contributed by atoms with Gasteiger partial charge in [0.2, 0.25) is 5.95 Å². The molecule has 0 aliphatic carbocycles. The monoisotopic (exact) mass is 466 g/mol. The molecule has 174 valence electrons. The third-order valence-electron chi connectivity index (χ3n) is 6.79. The van der Waals surface area contributed by atoms with Crippen LogP contribution in [0.4, 0.5) is 10.3 Å². The van der Waals surface area contributed by atoms with Crippen LogP contribution >= 0.6 is 0 Å². The number of benzene rings is 2. The Kier molecular flexibility index (Phi) is 5.41. The average molecular weight is 467 g/mol. The lowest BCUT2D eigenvalue weighted by molar-refractivity contribution is 0.0782. The number of carbonyl (C=O) groups is 1. The Balaban J connectivity index is 1.18. The molecule has 2 unspecified atom stereocenters. The van der Waals surface area contributed by atoms with E-state index in [9.17, 15) is 9.18 Å². The first-order valence-electron chi connectivity index (χ1n) is 11.7. The van der Waals surface area contributed by atoms with Gasteiger partial charge >= 0.3 is 0 Å². The van der Waals surface area contributed by atoms with Crippen molar-refractivity contribution in [2.45, 2.75) is 0 Å². The Labute approximate surface area is 202 Å². The summed E-state index contributed by atoms with van der Waals surface area (Å²) in [5, 5.41) is 0. The highest BCUT2D eigenvalue weighted by atomic mass is 19.1. The average Bonchev–Trinajstić information content (AvgIpc) is 3.49. The number of carbonyl (C=O) groups excluding carboxylic acids is 1. The Hall–Kier alpha value is -4.20. The highest BCUT2D eigenvalue weighted by Gasteiger charge is 2.43. The lowest BCUT2D eigenvalue weighted by Crippen LogP contribution is -2.34. The molecule has 0 radical (unpaired) electrons. The molecule has 1 amide bonds. The zero-order chi connectivity index (χ0) is 23.8. The predicted molar refractivity (Wildman–Crippen MR) is 130 cm³/mol. The summed E-state index contributed by atoms with van der Waals surface area (Å²) in [7, 11) is 0. The van der Waals surface area contributed by atoms with Gasteiger partial charge in [-0.25, -0.2) is 24.3 Å². The molecule has 4 aromatic rings. The topological polar surface area (TPSA) is 75.1 Å². The molecule has 2 atom stereocenters. The Morgan fingerprint density at radius 2 is 1.57 bits per heavy atom. The fourth-order valence-corrected chi connectivity index (χ4v) is 5.09. The van der Waals surface area contributed by atoms with Crippen molar-refractivity contribution < 1.29 is 9.18 Å². The summed E-state index contributed by atoms with van der Waals surface area (Å²) in [6.07, 6.45) is 5.03. The van der Waals surface area contributed by atoms with Crippen molar-refractivity contribution in [3.63, 3.8) is 0 Å². The van der Waals surface area contributed by atoms with E-state index in [2.05, 4.69) is 19.9 Å². The van der Waals surface area contributed by atoms with Crippen molar-refractivity contribution in [1.82, 2.24) is 24.8 Å². The number of amides is 1. The highest BCUT2D eigenvalue weighted by molar-refractivity contribution is 6.00. The van der Waals surface area contributed by atoms with Gasteiger partial charge in [0.25, 0.3) is 5.91 Å². The molecule has 35 heavy (non-hydrogen) atoms. The summed E-state index contributed by atoms with van der Waals surface area (Å²) in [5.41, 5.74) is 2.79. The predicted octanol–water partition coefficient (Wildman–Crippen LogP) is 3.95. The second kappa shape index (κ2) is 8.87. The molecule has 2 aliphatic heterocycles. The third kappa shape index (κ3) is 4.12. The number of hydrogen-bond acceptors (Lipinski definition) is 6. The molecule has 2 aromatic heterocycles. The van der Waals surface area contributed by atoms with Gasteiger partial charge in [0.15, 0.2) is 5.82 Å². The summed E-state index contributed by atoms with van der Waals surface area (Å²) >= 11 is 0. The zero-order valence-corrected chi connectivity index (χ0v) is 19.0. The van der Waals surface area contributed by atoms with Gasteiger partial charge in [-0.1, -0.05) is 30.3 Å². The van der Waals surface area contributed by atoms with Crippen molar-refractivity contribution >= 4 is 11.9 Å². The van der Waals surface area contributed by atoms with Gasteiger partial charge in [0.05, 0.1) is 11.3 Å². The van der Waals surface area contributed by atoms with Crippen LogP contribution in [0.5, 0.6) is 0 Å². The van der Waals surface area contributed by atoms with Gasteiger partial charge < -0.3 is 9.80 Å². The molecule has 4 heterocycles. The highest BCUT2D eigenvalue weighted by Crippen LogP contribution is 2.35. The van der Waals surface area contributed by atoms with Gasteiger partial charge in [-0.3, -0.25) is 4.79 Å². The molecule has 2 fully saturated rings. The van der Waals surface area contributed by atoms with E-state index in [0.717, 1.165) is 24.3 Å². The number of halogens is 1. The Morgan fingerprint density at radius 3 is 2.31 bits per heavy atom. The SMILES string of the molecule is O=C(c1cc(F)ccc1-c1ncccn1)N1CC2CN(c3nccc(-c4ccccc4)n3)CC2C1. The molecular formula is C27H23FN6O. The second-order valence-electron chi connectivity index (χ2n) is 9.01. The normalized spacial score (nSPS) is 19.1. The zero-order valence-electron chi connectivity index (χ0n) is 19.0. The van der Waals surface area contributed by atoms with Gasteiger partial charge in [0, 0.05) is 67.7 Å². The van der Waals surface area contributed by atoms with Crippen LogP contribution in [0, 0.1) is 17.7 Å². The summed E-state index contributed by atoms with van der Waals surface area (Å²) in [5.74, 6) is 1.12. The second-order valence-corrected chi connectivity index (χ2v) is 9.01. The third-order valence-corrected chi connectivity index (χ3v) is 6.79. The van der Waals surface area contributed by atoms with E-state index < -0.39 is 5.82 Å². The van der Waals surface area contributed by atoms with E-state index in [4.69, 9.17) is 4.98 Å². The first-order chi connectivity index (χ1) is 17.2. The van der Waals surface area contributed by atoms with E-state index >= 15 is 0 Å². The van der Waals surface area contributed by atoms with Crippen LogP contribution in [0.1, 0.15) is 10.4 Å². The summed E-state index contributed by atoms with van der Waals surface area (Å²) < 4.78 is 14.1. The van der Waals surface area contributed by atoms with Crippen molar-refractivity contribution in [3.8, 4) is 22.6 Å². The van der Waals surface area contributed by atoms with Gasteiger partial charge in [-0.15, -0.1) is 0 Å². The number of nitrogens with zero attached hydrogens (tertiary/aromatic N) is 6. The molecule has 0 bridgehead atoms. The lowest BCUT2D eigenvalue weighted by Gasteiger charge is -2.23. The molecular weight excluding hydrogens is 443 g/mol. The van der Waals surface area contributed by atoms with Gasteiger partial charge in [-0.05, 0) is 30.3 Å². The van der Waals surface area contributed by atoms with Crippen LogP contribution in [0.15, 0.2) is 79.3 Å². The quantitative estimate of drug-likeness (QED) is 0.454. The van der Waals surface area contributed by atoms with Crippen LogP contribution in [0.2, 0.25) is 0 Å². The maximum atomic E-state index is 14.1. The Bertz CT molecular complexity index is 1350. The number of likely N-dealkylation sites (tertiary alicyclic amines) is 1. The lowest BCUT2D eigenvalue weighted by atomic mass is 10.0. The number of rotatable bonds is 4. The van der Waals surface area contributed by atoms with E-state index in [0.29, 0.717) is 47.8 Å². The maximum absolute atomic E-state index is 14.1. The van der Waals surface area contributed by atoms with Crippen LogP contribution in [0.25, 0.3) is 22.6 Å². The number of aromatic nitrogens is 4. The Morgan fingerprint density at radius 1 is 0.829 bits per heavy atom. The van der Waals surface area contributed by atoms with E-state index in [1.165, 1.54) is 12.1 Å². The molecule has 2 aliphatic rings. The molecule has 6 rings (SSSR count). The van der Waals surface area contributed by atoms with Crippen LogP contribution in [-0.4, -0.2) is 56.9 Å². The summed E-state index contributed by atoms with van der Waals surface area (Å²) in [6.45, 7) is 2.79. The number of anilines is 1. The molecule has 0 saturated carbocycles. The van der Waals surface area contributed by atoms with E-state index in [-0.39, 0.29) is 5.91 Å². The smallest absolute Gasteiger partial charge is 0.254 e. The minimum atomic E-state index is -0.450. The van der Waals surface area contributed by atoms with Gasteiger partial charge in [-0.2, -0.15) is 0 Å². The first-order valence-corrected chi connectivity index (χ1v) is 11.7. The van der Waals surface area contributed by atoms with Crippen molar-refractivity contribution in [2.75, 3.05) is 31.1 Å². The minimum absolute atomic E-state index is 0.185. The van der Waals surface area contributed by atoms with E-state index in [1.54, 1.807) is 30.7 Å². The largest absolute Gasteiger partial charge is 0.340 e. The molecule has 2 aromatic carbocycles. The van der Waals surface area contributed by atoms with Gasteiger partial charge in [0.1, 0.15) is 5.82 Å². The van der Waals surface area contributed by atoms with Crippen molar-refractivity contribution in [2.24, 2.45) is 11.8 Å². The molecule has 8 heteroatoms. The fraction of sp³-hybridized carbons (Fsp3) is 0.222. The fourth-order valence-electron chi connectivity index (χ4n) is 5.09. The first kappa shape index (κ1) is 21.3. The van der Waals surface area contributed by atoms with Crippen LogP contribution in [0.3, 0.4) is 0 Å². The molecule has 2 saturated heterocycles. The van der Waals surface area contributed by atoms with Crippen LogP contribution in [-0.2, 0) is 0 Å². The molecule has 7 nitrogen and oxygen atoms in total. The number of hydrogen-bond donors (Lipinski definition) is 0. The maximum Gasteiger partial charge on any atom is 0.254 e. The molecule has 0 spiro atoms. The molecule has 0 N–H and O–H groups in total. The minimum Gasteiger partial charge on any atom is -0.340 e.